The number of hydrogen-bond acceptors (Lipinski definition) is 8. The van der Waals surface area contributed by atoms with E-state index in [1.54, 1.807) is 18.3 Å². The second-order valence-corrected chi connectivity index (χ2v) is 13.0. The number of benzene rings is 1. The minimum Gasteiger partial charge on any atom is -0.481 e. The maximum atomic E-state index is 13.6. The fourth-order valence-electron chi connectivity index (χ4n) is 5.56. The van der Waals surface area contributed by atoms with Crippen LogP contribution in [0, 0.1) is 11.3 Å². The number of anilines is 2. The van der Waals surface area contributed by atoms with Crippen LogP contribution in [0.15, 0.2) is 30.6 Å². The molecule has 0 unspecified atom stereocenters. The summed E-state index contributed by atoms with van der Waals surface area (Å²) in [5, 5.41) is 12.9. The fraction of sp³-hybridized carbons (Fsp3) is 0.483. The van der Waals surface area contributed by atoms with Crippen LogP contribution in [0.25, 0.3) is 11.3 Å². The SMILES string of the molecule is CC1(C)CCCN(Cc2sc(NC(=O)c3cnc(N4CCC(C(=O)O)CC4)cn3)nc2-c2ccc(Cl)c(CF)c2)C1. The van der Waals surface area contributed by atoms with Crippen LogP contribution in [0.4, 0.5) is 15.3 Å². The maximum absolute atomic E-state index is 13.6. The fourth-order valence-corrected chi connectivity index (χ4v) is 6.75. The lowest BCUT2D eigenvalue weighted by molar-refractivity contribution is -0.142. The van der Waals surface area contributed by atoms with Crippen LogP contribution in [0.5, 0.6) is 0 Å². The van der Waals surface area contributed by atoms with Crippen molar-refractivity contribution in [1.82, 2.24) is 19.9 Å². The van der Waals surface area contributed by atoms with Crippen LogP contribution in [-0.2, 0) is 18.0 Å². The Hall–Kier alpha value is -3.15. The third-order valence-electron chi connectivity index (χ3n) is 7.77. The first-order chi connectivity index (χ1) is 19.6. The van der Waals surface area contributed by atoms with E-state index in [0.29, 0.717) is 59.7 Å². The quantitative estimate of drug-likeness (QED) is 0.329. The van der Waals surface area contributed by atoms with Crippen molar-refractivity contribution in [3.8, 4) is 11.3 Å². The van der Waals surface area contributed by atoms with Crippen molar-refractivity contribution in [2.45, 2.75) is 52.8 Å². The Labute approximate surface area is 247 Å². The summed E-state index contributed by atoms with van der Waals surface area (Å²) in [4.78, 5) is 43.2. The molecule has 0 radical (unpaired) electrons. The summed E-state index contributed by atoms with van der Waals surface area (Å²) in [6, 6.07) is 5.23. The normalized spacial score (nSPS) is 17.9. The number of amides is 1. The molecular weight excluding hydrogens is 567 g/mol. The van der Waals surface area contributed by atoms with Gasteiger partial charge in [0.15, 0.2) is 5.13 Å². The number of carbonyl (C=O) groups is 2. The van der Waals surface area contributed by atoms with Gasteiger partial charge < -0.3 is 10.0 Å². The number of nitrogens with zero attached hydrogens (tertiary/aromatic N) is 5. The third kappa shape index (κ3) is 7.02. The summed E-state index contributed by atoms with van der Waals surface area (Å²) in [5.41, 5.74) is 2.22. The summed E-state index contributed by atoms with van der Waals surface area (Å²) >= 11 is 7.57. The molecule has 41 heavy (non-hydrogen) atoms. The molecule has 12 heteroatoms. The number of aliphatic carboxylic acids is 1. The van der Waals surface area contributed by atoms with Gasteiger partial charge in [-0.1, -0.05) is 42.9 Å². The van der Waals surface area contributed by atoms with Crippen molar-refractivity contribution in [2.24, 2.45) is 11.3 Å². The molecule has 2 fully saturated rings. The number of aromatic nitrogens is 3. The van der Waals surface area contributed by atoms with Gasteiger partial charge in [0.05, 0.1) is 24.0 Å². The van der Waals surface area contributed by atoms with E-state index in [4.69, 9.17) is 16.6 Å². The van der Waals surface area contributed by atoms with Gasteiger partial charge in [-0.2, -0.15) is 0 Å². The second kappa shape index (κ2) is 12.4. The Kier molecular flexibility index (Phi) is 8.86. The standard InChI is InChI=1S/C29H34ClFN6O3S/c1-29(2)8-3-9-36(17-29)16-23-25(19-4-5-21(30)20(12-19)13-31)34-28(41-23)35-26(38)22-14-33-24(15-32-22)37-10-6-18(7-11-37)27(39)40/h4-5,12,14-15,18H,3,6-11,13,16-17H2,1-2H3,(H,39,40)(H,34,35,38). The highest BCUT2D eigenvalue weighted by Gasteiger charge is 2.28. The lowest BCUT2D eigenvalue weighted by Crippen LogP contribution is -2.39. The molecule has 0 spiro atoms. The van der Waals surface area contributed by atoms with Crippen molar-refractivity contribution in [3.63, 3.8) is 0 Å². The number of alkyl halides is 1. The number of carboxylic acid groups (broad SMARTS) is 1. The molecular formula is C29H34ClFN6O3S. The van der Waals surface area contributed by atoms with Gasteiger partial charge in [-0.15, -0.1) is 0 Å². The summed E-state index contributed by atoms with van der Waals surface area (Å²) in [5.74, 6) is -0.926. The minimum atomic E-state index is -0.769. The molecule has 2 aromatic heterocycles. The van der Waals surface area contributed by atoms with Gasteiger partial charge in [0, 0.05) is 47.2 Å². The number of piperidine rings is 2. The molecule has 4 heterocycles. The Balaban J connectivity index is 1.33. The Morgan fingerprint density at radius 1 is 1.20 bits per heavy atom. The smallest absolute Gasteiger partial charge is 0.306 e. The van der Waals surface area contributed by atoms with E-state index in [9.17, 15) is 19.1 Å². The average molecular weight is 601 g/mol. The second-order valence-electron chi connectivity index (χ2n) is 11.5. The molecule has 218 valence electrons. The lowest BCUT2D eigenvalue weighted by Gasteiger charge is -2.37. The van der Waals surface area contributed by atoms with Crippen molar-refractivity contribution >= 4 is 45.8 Å². The zero-order chi connectivity index (χ0) is 29.1. The molecule has 1 aromatic carbocycles. The van der Waals surface area contributed by atoms with Crippen molar-refractivity contribution in [2.75, 3.05) is 36.4 Å². The van der Waals surface area contributed by atoms with Crippen LogP contribution < -0.4 is 10.2 Å². The van der Waals surface area contributed by atoms with Crippen molar-refractivity contribution in [1.29, 1.82) is 0 Å². The predicted octanol–water partition coefficient (Wildman–Crippen LogP) is 5.90. The van der Waals surface area contributed by atoms with Crippen LogP contribution >= 0.6 is 22.9 Å². The first kappa shape index (κ1) is 29.3. The first-order valence-corrected chi connectivity index (χ1v) is 15.0. The summed E-state index contributed by atoms with van der Waals surface area (Å²) in [6.07, 6.45) is 6.35. The van der Waals surface area contributed by atoms with E-state index in [0.717, 1.165) is 30.0 Å². The highest BCUT2D eigenvalue weighted by molar-refractivity contribution is 7.16. The Morgan fingerprint density at radius 3 is 2.63 bits per heavy atom. The van der Waals surface area contributed by atoms with Gasteiger partial charge in [0.1, 0.15) is 18.2 Å². The number of thiazole rings is 1. The lowest BCUT2D eigenvalue weighted by atomic mass is 9.84. The molecule has 9 nitrogen and oxygen atoms in total. The number of likely N-dealkylation sites (tertiary alicyclic amines) is 1. The zero-order valence-corrected chi connectivity index (χ0v) is 24.8. The van der Waals surface area contributed by atoms with Crippen molar-refractivity contribution < 1.29 is 19.1 Å². The van der Waals surface area contributed by atoms with Gasteiger partial charge in [-0.05, 0) is 49.8 Å². The minimum absolute atomic E-state index is 0.150. The van der Waals surface area contributed by atoms with Gasteiger partial charge in [0.2, 0.25) is 0 Å². The number of rotatable bonds is 8. The number of carboxylic acids is 1. The topological polar surface area (TPSA) is 112 Å². The molecule has 2 N–H and O–H groups in total. The number of carbonyl (C=O) groups excluding carboxylic acids is 1. The highest BCUT2D eigenvalue weighted by atomic mass is 35.5. The summed E-state index contributed by atoms with van der Waals surface area (Å²) in [6.45, 7) is 7.63. The van der Waals surface area contributed by atoms with Crippen LogP contribution in [-0.4, -0.2) is 63.0 Å². The Bertz CT molecular complexity index is 1410. The molecule has 0 saturated carbocycles. The molecule has 0 aliphatic carbocycles. The van der Waals surface area contributed by atoms with Gasteiger partial charge in [-0.3, -0.25) is 19.8 Å². The van der Waals surface area contributed by atoms with Gasteiger partial charge >= 0.3 is 5.97 Å². The molecule has 1 amide bonds. The monoisotopic (exact) mass is 600 g/mol. The third-order valence-corrected chi connectivity index (χ3v) is 9.09. The van der Waals surface area contributed by atoms with Gasteiger partial charge in [-0.25, -0.2) is 19.3 Å². The number of halogens is 2. The van der Waals surface area contributed by atoms with Crippen LogP contribution in [0.2, 0.25) is 5.02 Å². The average Bonchev–Trinajstić information content (AvgIpc) is 3.34. The summed E-state index contributed by atoms with van der Waals surface area (Å²) < 4.78 is 13.6. The Morgan fingerprint density at radius 2 is 1.98 bits per heavy atom. The molecule has 2 aliphatic rings. The maximum Gasteiger partial charge on any atom is 0.306 e. The van der Waals surface area contributed by atoms with E-state index in [2.05, 4.69) is 34.0 Å². The van der Waals surface area contributed by atoms with Crippen LogP contribution in [0.3, 0.4) is 0 Å². The number of hydrogen-bond donors (Lipinski definition) is 2. The van der Waals surface area contributed by atoms with Crippen molar-refractivity contribution in [3.05, 3.63) is 51.7 Å². The van der Waals surface area contributed by atoms with E-state index in [1.807, 2.05) is 11.0 Å². The molecule has 0 bridgehead atoms. The van der Waals surface area contributed by atoms with E-state index < -0.39 is 18.6 Å². The van der Waals surface area contributed by atoms with Crippen LogP contribution in [0.1, 0.15) is 60.5 Å². The summed E-state index contributed by atoms with van der Waals surface area (Å²) in [7, 11) is 0. The largest absolute Gasteiger partial charge is 0.481 e. The molecule has 3 aromatic rings. The van der Waals surface area contributed by atoms with E-state index in [1.165, 1.54) is 24.0 Å². The van der Waals surface area contributed by atoms with E-state index >= 15 is 0 Å². The molecule has 0 atom stereocenters. The molecule has 2 aliphatic heterocycles. The highest BCUT2D eigenvalue weighted by Crippen LogP contribution is 2.36. The number of nitrogens with one attached hydrogen (secondary N) is 1. The van der Waals surface area contributed by atoms with Gasteiger partial charge in [0.25, 0.3) is 5.91 Å². The molecule has 5 rings (SSSR count). The predicted molar refractivity (Wildman–Crippen MR) is 158 cm³/mol. The first-order valence-electron chi connectivity index (χ1n) is 13.8. The zero-order valence-electron chi connectivity index (χ0n) is 23.2. The molecule has 2 saturated heterocycles. The van der Waals surface area contributed by atoms with E-state index in [-0.39, 0.29) is 17.0 Å².